The molecule has 0 radical (unpaired) electrons. The van der Waals surface area contributed by atoms with E-state index in [-0.39, 0.29) is 12.4 Å². The van der Waals surface area contributed by atoms with Crippen LogP contribution in [0.1, 0.15) is 12.8 Å². The zero-order valence-electron chi connectivity index (χ0n) is 7.86. The van der Waals surface area contributed by atoms with Crippen LogP contribution in [0.4, 0.5) is 0 Å². The minimum absolute atomic E-state index is 0. The maximum absolute atomic E-state index is 5.77. The Morgan fingerprint density at radius 1 is 0.923 bits per heavy atom. The Labute approximate surface area is 86.2 Å². The largest absolute Gasteiger partial charge is 0.330 e. The van der Waals surface area contributed by atoms with Crippen LogP contribution in [0.2, 0.25) is 0 Å². The molecule has 4 N–H and O–H groups in total. The van der Waals surface area contributed by atoms with Crippen LogP contribution >= 0.6 is 12.4 Å². The number of fused-ring (bicyclic) bond motifs is 2. The molecule has 3 aliphatic rings. The number of hydrogen-bond acceptors (Lipinski definition) is 2. The lowest BCUT2D eigenvalue weighted by Gasteiger charge is -2.44. The summed E-state index contributed by atoms with van der Waals surface area (Å²) in [6, 6.07) is 0. The number of allylic oxidation sites excluding steroid dienone is 2. The van der Waals surface area contributed by atoms with Crippen molar-refractivity contribution < 1.29 is 0 Å². The lowest BCUT2D eigenvalue weighted by molar-refractivity contribution is 0.134. The van der Waals surface area contributed by atoms with Gasteiger partial charge in [0.25, 0.3) is 0 Å². The third-order valence-corrected chi connectivity index (χ3v) is 3.63. The van der Waals surface area contributed by atoms with Gasteiger partial charge in [-0.3, -0.25) is 0 Å². The average molecular weight is 203 g/mol. The number of halogens is 1. The Bertz CT molecular complexity index is 173. The summed E-state index contributed by atoms with van der Waals surface area (Å²) in [5.74, 6) is 2.79. The lowest BCUT2D eigenvalue weighted by atomic mass is 9.62. The highest BCUT2D eigenvalue weighted by Crippen LogP contribution is 2.43. The van der Waals surface area contributed by atoms with Crippen molar-refractivity contribution in [2.45, 2.75) is 12.8 Å². The van der Waals surface area contributed by atoms with E-state index in [1.54, 1.807) is 0 Å². The van der Waals surface area contributed by atoms with Gasteiger partial charge in [-0.05, 0) is 49.6 Å². The molecular formula is C10H19ClN2. The molecule has 2 nitrogen and oxygen atoms in total. The van der Waals surface area contributed by atoms with Crippen LogP contribution in [0.15, 0.2) is 12.2 Å². The normalized spacial score (nSPS) is 41.7. The summed E-state index contributed by atoms with van der Waals surface area (Å²) in [4.78, 5) is 0. The summed E-state index contributed by atoms with van der Waals surface area (Å²) in [7, 11) is 0. The molecule has 1 fully saturated rings. The van der Waals surface area contributed by atoms with E-state index in [2.05, 4.69) is 12.2 Å². The molecule has 3 heteroatoms. The minimum Gasteiger partial charge on any atom is -0.330 e. The monoisotopic (exact) mass is 202 g/mol. The molecule has 0 aromatic carbocycles. The van der Waals surface area contributed by atoms with E-state index < -0.39 is 0 Å². The van der Waals surface area contributed by atoms with Crippen molar-refractivity contribution in [3.05, 3.63) is 12.2 Å². The molecule has 76 valence electrons. The molecule has 0 amide bonds. The first-order chi connectivity index (χ1) is 5.86. The van der Waals surface area contributed by atoms with Crippen LogP contribution in [0.3, 0.4) is 0 Å². The van der Waals surface area contributed by atoms with Crippen LogP contribution in [0, 0.1) is 23.7 Å². The first-order valence-corrected chi connectivity index (χ1v) is 4.95. The van der Waals surface area contributed by atoms with Gasteiger partial charge in [0, 0.05) is 0 Å². The topological polar surface area (TPSA) is 52.0 Å². The fourth-order valence-corrected chi connectivity index (χ4v) is 2.91. The predicted octanol–water partition coefficient (Wildman–Crippen LogP) is 1.15. The Morgan fingerprint density at radius 3 is 1.54 bits per heavy atom. The van der Waals surface area contributed by atoms with Crippen molar-refractivity contribution in [1.29, 1.82) is 0 Å². The second-order valence-corrected chi connectivity index (χ2v) is 4.09. The Hall–Kier alpha value is -0.0500. The van der Waals surface area contributed by atoms with Crippen LogP contribution in [-0.4, -0.2) is 13.1 Å². The minimum atomic E-state index is 0. The zero-order valence-corrected chi connectivity index (χ0v) is 8.67. The molecule has 2 bridgehead atoms. The highest BCUT2D eigenvalue weighted by molar-refractivity contribution is 5.85. The smallest absolute Gasteiger partial charge is 0.00399 e. The average Bonchev–Trinajstić information content (AvgIpc) is 2.18. The summed E-state index contributed by atoms with van der Waals surface area (Å²) in [5, 5.41) is 0. The maximum Gasteiger partial charge on any atom is -0.00399 e. The summed E-state index contributed by atoms with van der Waals surface area (Å²) in [6.45, 7) is 1.63. The summed E-state index contributed by atoms with van der Waals surface area (Å²) < 4.78 is 0. The SMILES string of the molecule is Cl.NC[C@@H]1[C@@H](CN)[C@H]2C=C[C@@H]1CC2. The van der Waals surface area contributed by atoms with Crippen molar-refractivity contribution >= 4 is 12.4 Å². The Morgan fingerprint density at radius 2 is 1.31 bits per heavy atom. The molecule has 0 aliphatic heterocycles. The van der Waals surface area contributed by atoms with Crippen molar-refractivity contribution in [3.63, 3.8) is 0 Å². The molecule has 0 aromatic heterocycles. The molecule has 3 rings (SSSR count). The van der Waals surface area contributed by atoms with Gasteiger partial charge in [0.05, 0.1) is 0 Å². The lowest BCUT2D eigenvalue weighted by Crippen LogP contribution is -2.44. The quantitative estimate of drug-likeness (QED) is 0.661. The maximum atomic E-state index is 5.77. The Balaban J connectivity index is 0.000000845. The van der Waals surface area contributed by atoms with Crippen molar-refractivity contribution in [1.82, 2.24) is 0 Å². The van der Waals surface area contributed by atoms with Gasteiger partial charge < -0.3 is 11.5 Å². The summed E-state index contributed by atoms with van der Waals surface area (Å²) in [6.07, 6.45) is 7.38. The van der Waals surface area contributed by atoms with Gasteiger partial charge in [-0.2, -0.15) is 0 Å². The van der Waals surface area contributed by atoms with Gasteiger partial charge in [0.15, 0.2) is 0 Å². The van der Waals surface area contributed by atoms with Gasteiger partial charge in [-0.25, -0.2) is 0 Å². The fourth-order valence-electron chi connectivity index (χ4n) is 2.91. The third-order valence-electron chi connectivity index (χ3n) is 3.63. The van der Waals surface area contributed by atoms with Crippen LogP contribution in [0.5, 0.6) is 0 Å². The molecule has 0 saturated heterocycles. The standard InChI is InChI=1S/C10H18N2.ClH/c11-5-9-7-1-2-8(4-3-7)10(9)6-12;/h1-2,7-10H,3-6,11-12H2;1H/t7-,8+,9-,10-;/m0./s1. The van der Waals surface area contributed by atoms with Crippen LogP contribution in [-0.2, 0) is 0 Å². The third kappa shape index (κ3) is 1.76. The molecule has 1 saturated carbocycles. The molecule has 0 unspecified atom stereocenters. The van der Waals surface area contributed by atoms with E-state index in [0.29, 0.717) is 11.8 Å². The van der Waals surface area contributed by atoms with E-state index in [4.69, 9.17) is 11.5 Å². The second-order valence-electron chi connectivity index (χ2n) is 4.09. The van der Waals surface area contributed by atoms with Gasteiger partial charge >= 0.3 is 0 Å². The molecule has 13 heavy (non-hydrogen) atoms. The zero-order chi connectivity index (χ0) is 8.55. The number of nitrogens with two attached hydrogens (primary N) is 2. The van der Waals surface area contributed by atoms with E-state index in [1.165, 1.54) is 12.8 Å². The highest BCUT2D eigenvalue weighted by Gasteiger charge is 2.38. The molecule has 0 heterocycles. The van der Waals surface area contributed by atoms with Crippen molar-refractivity contribution in [2.75, 3.05) is 13.1 Å². The predicted molar refractivity (Wildman–Crippen MR) is 57.7 cm³/mol. The Kier molecular flexibility index (Phi) is 3.77. The van der Waals surface area contributed by atoms with Crippen LogP contribution in [0.25, 0.3) is 0 Å². The van der Waals surface area contributed by atoms with Gasteiger partial charge in [-0.15, -0.1) is 12.4 Å². The summed E-state index contributed by atoms with van der Waals surface area (Å²) in [5.41, 5.74) is 11.5. The molecular weight excluding hydrogens is 184 g/mol. The number of rotatable bonds is 2. The first-order valence-electron chi connectivity index (χ1n) is 4.95. The van der Waals surface area contributed by atoms with Crippen molar-refractivity contribution in [2.24, 2.45) is 35.1 Å². The van der Waals surface area contributed by atoms with Crippen LogP contribution < -0.4 is 11.5 Å². The molecule has 3 aliphatic carbocycles. The van der Waals surface area contributed by atoms with E-state index in [9.17, 15) is 0 Å². The van der Waals surface area contributed by atoms with E-state index >= 15 is 0 Å². The molecule has 0 aromatic rings. The van der Waals surface area contributed by atoms with E-state index in [1.807, 2.05) is 0 Å². The fraction of sp³-hybridized carbons (Fsp3) is 0.800. The van der Waals surface area contributed by atoms with E-state index in [0.717, 1.165) is 24.9 Å². The first kappa shape index (κ1) is 11.0. The van der Waals surface area contributed by atoms with Gasteiger partial charge in [0.1, 0.15) is 0 Å². The highest BCUT2D eigenvalue weighted by atomic mass is 35.5. The second kappa shape index (κ2) is 4.45. The molecule has 4 atom stereocenters. The summed E-state index contributed by atoms with van der Waals surface area (Å²) >= 11 is 0. The van der Waals surface area contributed by atoms with Crippen molar-refractivity contribution in [3.8, 4) is 0 Å². The molecule has 0 spiro atoms. The van der Waals surface area contributed by atoms with Gasteiger partial charge in [0.2, 0.25) is 0 Å². The van der Waals surface area contributed by atoms with Gasteiger partial charge in [-0.1, -0.05) is 12.2 Å². The number of hydrogen-bond donors (Lipinski definition) is 2.